The summed E-state index contributed by atoms with van der Waals surface area (Å²) in [6.07, 6.45) is 1.62. The maximum Gasteiger partial charge on any atom is 0.231 e. The topological polar surface area (TPSA) is 81.2 Å². The highest BCUT2D eigenvalue weighted by Gasteiger charge is 2.19. The van der Waals surface area contributed by atoms with Gasteiger partial charge in [0, 0.05) is 58.4 Å². The van der Waals surface area contributed by atoms with Crippen molar-refractivity contribution >= 4 is 49.6 Å². The smallest absolute Gasteiger partial charge is 0.231 e. The van der Waals surface area contributed by atoms with E-state index in [0.717, 1.165) is 29.6 Å². The molecule has 0 bridgehead atoms. The van der Waals surface area contributed by atoms with Crippen LogP contribution in [0.2, 0.25) is 5.28 Å². The molecule has 0 aliphatic carbocycles. The highest BCUT2D eigenvalue weighted by Crippen LogP contribution is 2.41. The van der Waals surface area contributed by atoms with Crippen LogP contribution in [0, 0.1) is 0 Å². The molecule has 2 N–H and O–H groups in total. The normalized spacial score (nSPS) is 16.2. The first-order chi connectivity index (χ1) is 15.1. The molecule has 7 nitrogen and oxygen atoms in total. The third-order valence-corrected chi connectivity index (χ3v) is 6.56. The predicted octanol–water partition coefficient (Wildman–Crippen LogP) is 5.13. The molecule has 0 unspecified atom stereocenters. The van der Waals surface area contributed by atoms with Gasteiger partial charge >= 0.3 is 0 Å². The summed E-state index contributed by atoms with van der Waals surface area (Å²) in [7, 11) is 0. The number of thiophene rings is 1. The minimum Gasteiger partial charge on any atom is -0.420 e. The van der Waals surface area contributed by atoms with Crippen molar-refractivity contribution in [2.75, 3.05) is 18.5 Å². The molecule has 0 amide bonds. The second-order valence-electron chi connectivity index (χ2n) is 7.43. The Morgan fingerprint density at radius 3 is 3.00 bits per heavy atom. The third kappa shape index (κ3) is 4.04. The Morgan fingerprint density at radius 2 is 2.13 bits per heavy atom. The van der Waals surface area contributed by atoms with E-state index in [2.05, 4.69) is 39.7 Å². The summed E-state index contributed by atoms with van der Waals surface area (Å²) in [6, 6.07) is 8.50. The Labute approximate surface area is 188 Å². The van der Waals surface area contributed by atoms with Crippen molar-refractivity contribution in [1.29, 1.82) is 0 Å². The van der Waals surface area contributed by atoms with Gasteiger partial charge in [-0.3, -0.25) is 0 Å². The van der Waals surface area contributed by atoms with E-state index in [1.807, 2.05) is 30.4 Å². The molecule has 4 heterocycles. The Kier molecular flexibility index (Phi) is 5.62. The van der Waals surface area contributed by atoms with Gasteiger partial charge in [0.05, 0.1) is 23.4 Å². The molecular weight excluding hydrogens is 434 g/mol. The number of ether oxygens (including phenoxy) is 2. The van der Waals surface area contributed by atoms with Crippen LogP contribution in [0.1, 0.15) is 24.3 Å². The quantitative estimate of drug-likeness (QED) is 0.404. The fourth-order valence-corrected chi connectivity index (χ4v) is 4.94. The standard InChI is InChI=1S/C22H22ClN5O2S/c1-3-29-11-13-9-26-22(23)28-21(13)30-18-7-4-14-15(27-18)5-6-16-19(14)20-17(31-16)10-24-12(2)8-25-20/h4-7,9,12,24-25H,3,8,10-11H2,1-2H3/t12-/m1/s1. The van der Waals surface area contributed by atoms with Crippen LogP contribution in [-0.2, 0) is 17.9 Å². The number of pyridine rings is 1. The summed E-state index contributed by atoms with van der Waals surface area (Å²) in [5.74, 6) is 0.802. The van der Waals surface area contributed by atoms with E-state index in [1.54, 1.807) is 6.20 Å². The van der Waals surface area contributed by atoms with E-state index in [4.69, 9.17) is 26.1 Å². The SMILES string of the molecule is CCOCc1cnc(Cl)nc1Oc1ccc2c(ccc3sc4c(c32)NC[C@@H](C)NC4)n1. The van der Waals surface area contributed by atoms with E-state index in [1.165, 1.54) is 20.7 Å². The Balaban J connectivity index is 1.53. The van der Waals surface area contributed by atoms with Gasteiger partial charge in [-0.25, -0.2) is 9.97 Å². The minimum atomic E-state index is 0.118. The number of nitrogens with zero attached hydrogens (tertiary/aromatic N) is 3. The van der Waals surface area contributed by atoms with Crippen molar-refractivity contribution in [2.24, 2.45) is 0 Å². The number of anilines is 1. The molecule has 1 aromatic carbocycles. The monoisotopic (exact) mass is 455 g/mol. The first kappa shape index (κ1) is 20.4. The van der Waals surface area contributed by atoms with Crippen LogP contribution in [0.15, 0.2) is 30.5 Å². The zero-order chi connectivity index (χ0) is 21.4. The zero-order valence-electron chi connectivity index (χ0n) is 17.2. The lowest BCUT2D eigenvalue weighted by molar-refractivity contribution is 0.131. The van der Waals surface area contributed by atoms with Crippen molar-refractivity contribution < 1.29 is 9.47 Å². The summed E-state index contributed by atoms with van der Waals surface area (Å²) in [6.45, 7) is 6.81. The molecule has 5 rings (SSSR count). The Bertz CT molecular complexity index is 1260. The van der Waals surface area contributed by atoms with Gasteiger partial charge in [-0.1, -0.05) is 0 Å². The van der Waals surface area contributed by atoms with Crippen LogP contribution in [0.4, 0.5) is 5.69 Å². The second-order valence-corrected chi connectivity index (χ2v) is 8.90. The summed E-state index contributed by atoms with van der Waals surface area (Å²) in [5.41, 5.74) is 2.79. The number of aromatic nitrogens is 3. The molecule has 0 saturated heterocycles. The van der Waals surface area contributed by atoms with Crippen molar-refractivity contribution in [3.05, 3.63) is 46.2 Å². The molecule has 0 fully saturated rings. The van der Waals surface area contributed by atoms with Gasteiger partial charge in [0.1, 0.15) is 0 Å². The van der Waals surface area contributed by atoms with E-state index in [-0.39, 0.29) is 5.28 Å². The summed E-state index contributed by atoms with van der Waals surface area (Å²) in [5, 5.41) is 9.60. The van der Waals surface area contributed by atoms with Gasteiger partial charge in [-0.2, -0.15) is 4.98 Å². The molecule has 0 saturated carbocycles. The van der Waals surface area contributed by atoms with Gasteiger partial charge in [0.15, 0.2) is 0 Å². The minimum absolute atomic E-state index is 0.118. The van der Waals surface area contributed by atoms with E-state index in [0.29, 0.717) is 31.0 Å². The summed E-state index contributed by atoms with van der Waals surface area (Å²) >= 11 is 7.80. The molecular formula is C22H22ClN5O2S. The van der Waals surface area contributed by atoms with Gasteiger partial charge in [0.2, 0.25) is 17.0 Å². The Hall–Kier alpha value is -2.52. The van der Waals surface area contributed by atoms with E-state index in [9.17, 15) is 0 Å². The van der Waals surface area contributed by atoms with Crippen molar-refractivity contribution in [3.8, 4) is 11.8 Å². The first-order valence-corrected chi connectivity index (χ1v) is 11.4. The van der Waals surface area contributed by atoms with Gasteiger partial charge < -0.3 is 20.1 Å². The van der Waals surface area contributed by atoms with E-state index >= 15 is 0 Å². The van der Waals surface area contributed by atoms with Crippen LogP contribution in [-0.4, -0.2) is 34.1 Å². The summed E-state index contributed by atoms with van der Waals surface area (Å²) < 4.78 is 12.7. The fourth-order valence-electron chi connectivity index (χ4n) is 3.66. The maximum absolute atomic E-state index is 5.99. The van der Waals surface area contributed by atoms with Crippen molar-refractivity contribution in [1.82, 2.24) is 20.3 Å². The lowest BCUT2D eigenvalue weighted by Crippen LogP contribution is -2.29. The highest BCUT2D eigenvalue weighted by atomic mass is 35.5. The lowest BCUT2D eigenvalue weighted by atomic mass is 10.1. The highest BCUT2D eigenvalue weighted by molar-refractivity contribution is 7.20. The van der Waals surface area contributed by atoms with Crippen molar-refractivity contribution in [3.63, 3.8) is 0 Å². The first-order valence-electron chi connectivity index (χ1n) is 10.2. The fraction of sp³-hybridized carbons (Fsp3) is 0.318. The van der Waals surface area contributed by atoms with Crippen LogP contribution in [0.5, 0.6) is 11.8 Å². The molecule has 0 spiro atoms. The maximum atomic E-state index is 5.99. The number of hydrogen-bond donors (Lipinski definition) is 2. The average Bonchev–Trinajstić information content (AvgIpc) is 3.03. The largest absolute Gasteiger partial charge is 0.420 e. The predicted molar refractivity (Wildman–Crippen MR) is 124 cm³/mol. The number of rotatable bonds is 5. The average molecular weight is 456 g/mol. The summed E-state index contributed by atoms with van der Waals surface area (Å²) in [4.78, 5) is 14.3. The molecule has 1 aliphatic heterocycles. The molecule has 160 valence electrons. The molecule has 1 aliphatic rings. The number of benzene rings is 1. The van der Waals surface area contributed by atoms with Crippen LogP contribution < -0.4 is 15.4 Å². The van der Waals surface area contributed by atoms with Gasteiger partial charge in [-0.05, 0) is 43.6 Å². The third-order valence-electron chi connectivity index (χ3n) is 5.22. The number of nitrogens with one attached hydrogen (secondary N) is 2. The van der Waals surface area contributed by atoms with Gasteiger partial charge in [0.25, 0.3) is 0 Å². The molecule has 4 aromatic rings. The van der Waals surface area contributed by atoms with Crippen LogP contribution in [0.3, 0.4) is 0 Å². The number of fused-ring (bicyclic) bond motifs is 5. The molecule has 3 aromatic heterocycles. The van der Waals surface area contributed by atoms with Crippen LogP contribution in [0.25, 0.3) is 21.0 Å². The number of halogens is 1. The zero-order valence-corrected chi connectivity index (χ0v) is 18.8. The van der Waals surface area contributed by atoms with Crippen molar-refractivity contribution in [2.45, 2.75) is 33.0 Å². The molecule has 0 radical (unpaired) electrons. The lowest BCUT2D eigenvalue weighted by Gasteiger charge is -2.11. The van der Waals surface area contributed by atoms with E-state index < -0.39 is 0 Å². The number of hydrogen-bond acceptors (Lipinski definition) is 8. The van der Waals surface area contributed by atoms with Gasteiger partial charge in [-0.15, -0.1) is 11.3 Å². The second kappa shape index (κ2) is 8.55. The molecule has 31 heavy (non-hydrogen) atoms. The van der Waals surface area contributed by atoms with Crippen LogP contribution >= 0.6 is 22.9 Å². The Morgan fingerprint density at radius 1 is 1.23 bits per heavy atom. The molecule has 1 atom stereocenters. The molecule has 9 heteroatoms.